The van der Waals surface area contributed by atoms with Gasteiger partial charge in [-0.15, -0.1) is 0 Å². The number of nitrogens with one attached hydrogen (secondary N) is 5. The third-order valence-electron chi connectivity index (χ3n) is 7.05. The molecule has 2 aromatic rings. The summed E-state index contributed by atoms with van der Waals surface area (Å²) in [5.74, 6) is -2.12. The average molecular weight is 553 g/mol. The predicted octanol–water partition coefficient (Wildman–Crippen LogP) is 0.893. The van der Waals surface area contributed by atoms with E-state index >= 15 is 0 Å². The molecule has 4 rings (SSSR count). The van der Waals surface area contributed by atoms with Crippen molar-refractivity contribution in [3.05, 3.63) is 53.7 Å². The van der Waals surface area contributed by atoms with Gasteiger partial charge in [-0.25, -0.2) is 4.98 Å². The van der Waals surface area contributed by atoms with Crippen molar-refractivity contribution in [2.24, 2.45) is 5.92 Å². The van der Waals surface area contributed by atoms with Gasteiger partial charge in [0.2, 0.25) is 29.5 Å². The summed E-state index contributed by atoms with van der Waals surface area (Å²) in [4.78, 5) is 68.4. The highest BCUT2D eigenvalue weighted by Gasteiger charge is 2.34. The zero-order valence-corrected chi connectivity index (χ0v) is 22.7. The van der Waals surface area contributed by atoms with Crippen molar-refractivity contribution >= 4 is 29.5 Å². The van der Waals surface area contributed by atoms with Crippen LogP contribution in [0.15, 0.2) is 41.0 Å². The molecule has 2 aliphatic rings. The van der Waals surface area contributed by atoms with Crippen LogP contribution in [0.25, 0.3) is 0 Å². The smallest absolute Gasteiger partial charge is 0.273 e. The molecule has 2 bridgehead atoms. The molecule has 2 aliphatic heterocycles. The first kappa shape index (κ1) is 28.8. The Morgan fingerprint density at radius 1 is 1.02 bits per heavy atom. The number of amides is 5. The summed E-state index contributed by atoms with van der Waals surface area (Å²) in [6, 6.07) is 6.21. The molecule has 0 unspecified atom stereocenters. The number of carbonyl (C=O) groups excluding carboxylic acids is 5. The molecule has 0 radical (unpaired) electrons. The molecule has 1 aromatic carbocycles. The molecule has 12 nitrogen and oxygen atoms in total. The second-order valence-electron chi connectivity index (χ2n) is 10.5. The molecular weight excluding hydrogens is 516 g/mol. The number of hydrogen-bond donors (Lipinski definition) is 5. The molecule has 214 valence electrons. The SMILES string of the molecule is CC(C)[C@@H]1NC(=O)[C@@H](NC(=O)[C@@H]2CCC(=O)N2)CCCCNC(=O)c2coc(n2)[C@@H](Cc2ccccc2)NC1=O. The Labute approximate surface area is 232 Å². The normalized spacial score (nSPS) is 24.6. The fourth-order valence-corrected chi connectivity index (χ4v) is 4.77. The van der Waals surface area contributed by atoms with Crippen LogP contribution < -0.4 is 26.6 Å². The summed E-state index contributed by atoms with van der Waals surface area (Å²) < 4.78 is 5.63. The number of benzene rings is 1. The Balaban J connectivity index is 1.57. The lowest BCUT2D eigenvalue weighted by molar-refractivity contribution is -0.134. The standard InChI is InChI=1S/C28H36N6O6/c1-16(2)23-27(39)32-20(14-17-8-4-3-5-9-17)28-33-21(15-40-28)24(36)29-13-7-6-10-18(26(38)34-23)31-25(37)19-11-12-22(35)30-19/h3-5,8-9,15-16,18-20,23H,6-7,10-14H2,1-2H3,(H,29,36)(H,30,35)(H,31,37)(H,32,39)(H,34,38)/t18-,19-,20+,23-/m0/s1. The minimum atomic E-state index is -0.922. The van der Waals surface area contributed by atoms with Crippen molar-refractivity contribution in [1.82, 2.24) is 31.6 Å². The van der Waals surface area contributed by atoms with Gasteiger partial charge in [0.15, 0.2) is 5.69 Å². The molecule has 0 spiro atoms. The number of aromatic nitrogens is 1. The summed E-state index contributed by atoms with van der Waals surface area (Å²) >= 11 is 0. The van der Waals surface area contributed by atoms with Crippen molar-refractivity contribution in [3.63, 3.8) is 0 Å². The Bertz CT molecular complexity index is 1230. The molecule has 5 amide bonds. The third kappa shape index (κ3) is 7.45. The van der Waals surface area contributed by atoms with Gasteiger partial charge in [-0.1, -0.05) is 44.2 Å². The molecule has 4 atom stereocenters. The van der Waals surface area contributed by atoms with Gasteiger partial charge in [0, 0.05) is 19.4 Å². The van der Waals surface area contributed by atoms with Crippen LogP contribution in [0.3, 0.4) is 0 Å². The van der Waals surface area contributed by atoms with Crippen molar-refractivity contribution < 1.29 is 28.4 Å². The van der Waals surface area contributed by atoms with Crippen LogP contribution in [-0.2, 0) is 25.6 Å². The maximum Gasteiger partial charge on any atom is 0.273 e. The highest BCUT2D eigenvalue weighted by Crippen LogP contribution is 2.20. The van der Waals surface area contributed by atoms with Crippen LogP contribution in [0.1, 0.15) is 73.9 Å². The van der Waals surface area contributed by atoms with Gasteiger partial charge in [0.25, 0.3) is 5.91 Å². The molecule has 1 fully saturated rings. The van der Waals surface area contributed by atoms with Crippen LogP contribution in [0.4, 0.5) is 0 Å². The number of oxazole rings is 1. The van der Waals surface area contributed by atoms with Gasteiger partial charge < -0.3 is 31.0 Å². The fourth-order valence-electron chi connectivity index (χ4n) is 4.77. The highest BCUT2D eigenvalue weighted by atomic mass is 16.3. The molecule has 3 heterocycles. The lowest BCUT2D eigenvalue weighted by Gasteiger charge is -2.27. The first-order valence-electron chi connectivity index (χ1n) is 13.7. The van der Waals surface area contributed by atoms with Crippen molar-refractivity contribution in [2.75, 3.05) is 6.54 Å². The van der Waals surface area contributed by atoms with E-state index in [0.717, 1.165) is 5.56 Å². The van der Waals surface area contributed by atoms with E-state index in [1.165, 1.54) is 6.26 Å². The van der Waals surface area contributed by atoms with E-state index in [2.05, 4.69) is 31.6 Å². The van der Waals surface area contributed by atoms with Crippen LogP contribution >= 0.6 is 0 Å². The predicted molar refractivity (Wildman–Crippen MR) is 144 cm³/mol. The van der Waals surface area contributed by atoms with E-state index in [4.69, 9.17) is 4.42 Å². The van der Waals surface area contributed by atoms with Crippen LogP contribution in [0.2, 0.25) is 0 Å². The topological polar surface area (TPSA) is 172 Å². The molecular formula is C28H36N6O6. The fraction of sp³-hybridized carbons (Fsp3) is 0.500. The van der Waals surface area contributed by atoms with Crippen LogP contribution in [-0.4, -0.2) is 59.2 Å². The van der Waals surface area contributed by atoms with Crippen molar-refractivity contribution in [3.8, 4) is 0 Å². The molecule has 1 aromatic heterocycles. The van der Waals surface area contributed by atoms with Crippen molar-refractivity contribution in [2.45, 2.75) is 76.5 Å². The Morgan fingerprint density at radius 3 is 2.50 bits per heavy atom. The summed E-state index contributed by atoms with van der Waals surface area (Å²) in [5.41, 5.74) is 1.02. The molecule has 1 saturated heterocycles. The molecule has 40 heavy (non-hydrogen) atoms. The zero-order chi connectivity index (χ0) is 28.6. The molecule has 0 saturated carbocycles. The Morgan fingerprint density at radius 2 is 1.80 bits per heavy atom. The minimum Gasteiger partial charge on any atom is -0.446 e. The van der Waals surface area contributed by atoms with Gasteiger partial charge in [-0.2, -0.15) is 0 Å². The molecule has 5 N–H and O–H groups in total. The quantitative estimate of drug-likeness (QED) is 0.367. The van der Waals surface area contributed by atoms with Crippen LogP contribution in [0.5, 0.6) is 0 Å². The largest absolute Gasteiger partial charge is 0.446 e. The maximum atomic E-state index is 13.5. The Hall–Kier alpha value is -4.22. The summed E-state index contributed by atoms with van der Waals surface area (Å²) in [6.07, 6.45) is 3.55. The maximum absolute atomic E-state index is 13.5. The highest BCUT2D eigenvalue weighted by molar-refractivity contribution is 5.95. The lowest BCUT2D eigenvalue weighted by atomic mass is 10.00. The number of rotatable bonds is 5. The van der Waals surface area contributed by atoms with Crippen LogP contribution in [0, 0.1) is 5.92 Å². The average Bonchev–Trinajstić information content (AvgIpc) is 3.60. The van der Waals surface area contributed by atoms with E-state index < -0.39 is 47.8 Å². The van der Waals surface area contributed by atoms with Gasteiger partial charge >= 0.3 is 0 Å². The Kier molecular flexibility index (Phi) is 9.52. The minimum absolute atomic E-state index is 0.104. The van der Waals surface area contributed by atoms with E-state index in [0.29, 0.717) is 32.2 Å². The van der Waals surface area contributed by atoms with Gasteiger partial charge in [0.1, 0.15) is 30.4 Å². The summed E-state index contributed by atoms with van der Waals surface area (Å²) in [5, 5.41) is 13.9. The molecule has 12 heteroatoms. The van der Waals surface area contributed by atoms with Crippen molar-refractivity contribution in [1.29, 1.82) is 0 Å². The summed E-state index contributed by atoms with van der Waals surface area (Å²) in [6.45, 7) is 3.95. The van der Waals surface area contributed by atoms with E-state index in [-0.39, 0.29) is 36.3 Å². The van der Waals surface area contributed by atoms with Gasteiger partial charge in [-0.05, 0) is 37.2 Å². The van der Waals surface area contributed by atoms with E-state index in [1.54, 1.807) is 0 Å². The molecule has 0 aliphatic carbocycles. The third-order valence-corrected chi connectivity index (χ3v) is 7.05. The first-order valence-corrected chi connectivity index (χ1v) is 13.7. The monoisotopic (exact) mass is 552 g/mol. The second-order valence-corrected chi connectivity index (χ2v) is 10.5. The summed E-state index contributed by atoms with van der Waals surface area (Å²) in [7, 11) is 0. The van der Waals surface area contributed by atoms with E-state index in [1.807, 2.05) is 44.2 Å². The number of carbonyl (C=O) groups is 5. The second kappa shape index (κ2) is 13.2. The number of fused-ring (bicyclic) bond motifs is 2. The zero-order valence-electron chi connectivity index (χ0n) is 22.7. The van der Waals surface area contributed by atoms with E-state index in [9.17, 15) is 24.0 Å². The van der Waals surface area contributed by atoms with Gasteiger partial charge in [-0.3, -0.25) is 24.0 Å². The number of hydrogen-bond acceptors (Lipinski definition) is 7. The first-order chi connectivity index (χ1) is 19.2. The lowest BCUT2D eigenvalue weighted by Crippen LogP contribution is -2.57. The van der Waals surface area contributed by atoms with Gasteiger partial charge in [0.05, 0.1) is 0 Å². The number of nitrogens with zero attached hydrogens (tertiary/aromatic N) is 1.